The van der Waals surface area contributed by atoms with Gasteiger partial charge in [0.1, 0.15) is 24.0 Å². The molecule has 4 rings (SSSR count). The third-order valence-electron chi connectivity index (χ3n) is 5.77. The molecule has 2 aromatic rings. The maximum Gasteiger partial charge on any atom is 0.339 e. The van der Waals surface area contributed by atoms with Crippen LogP contribution in [0.3, 0.4) is 0 Å². The Hall–Kier alpha value is -1.56. The van der Waals surface area contributed by atoms with E-state index in [4.69, 9.17) is 9.15 Å². The maximum absolute atomic E-state index is 12.1. The van der Waals surface area contributed by atoms with E-state index in [1.165, 1.54) is 19.3 Å². The van der Waals surface area contributed by atoms with E-state index in [1.807, 2.05) is 12.1 Å². The van der Waals surface area contributed by atoms with Crippen LogP contribution in [-0.4, -0.2) is 41.8 Å². The highest BCUT2D eigenvalue weighted by molar-refractivity contribution is 5.85. The number of aryl methyl sites for hydroxylation is 1. The van der Waals surface area contributed by atoms with E-state index in [9.17, 15) is 9.90 Å². The van der Waals surface area contributed by atoms with Crippen molar-refractivity contribution >= 4 is 23.4 Å². The number of hydrogen-bond acceptors (Lipinski definition) is 5. The molecule has 1 aromatic carbocycles. The normalized spacial score (nSPS) is 20.9. The second-order valence-corrected chi connectivity index (χ2v) is 7.66. The summed E-state index contributed by atoms with van der Waals surface area (Å²) in [5.74, 6) is 0.629. The SMILES string of the molecule is CC1CCCCN1CC(O)COc1ccc2c3c(c(=O)oc2c1)CCC3.Cl. The Bertz CT molecular complexity index is 850. The van der Waals surface area contributed by atoms with Crippen LogP contribution in [0.5, 0.6) is 5.75 Å². The van der Waals surface area contributed by atoms with Crippen LogP contribution in [-0.2, 0) is 12.8 Å². The zero-order valence-electron chi connectivity index (χ0n) is 15.8. The van der Waals surface area contributed by atoms with Gasteiger partial charge in [0.25, 0.3) is 0 Å². The minimum absolute atomic E-state index is 0. The molecule has 0 amide bonds. The Labute approximate surface area is 165 Å². The third kappa shape index (κ3) is 4.31. The number of ether oxygens (including phenoxy) is 1. The highest BCUT2D eigenvalue weighted by atomic mass is 35.5. The molecule has 2 unspecified atom stereocenters. The molecule has 1 N–H and O–H groups in total. The quantitative estimate of drug-likeness (QED) is 0.789. The summed E-state index contributed by atoms with van der Waals surface area (Å²) < 4.78 is 11.3. The van der Waals surface area contributed by atoms with Crippen molar-refractivity contribution in [3.8, 4) is 5.75 Å². The summed E-state index contributed by atoms with van der Waals surface area (Å²) in [5.41, 5.74) is 2.31. The highest BCUT2D eigenvalue weighted by Gasteiger charge is 2.22. The first-order valence-electron chi connectivity index (χ1n) is 9.75. The topological polar surface area (TPSA) is 62.9 Å². The number of β-amino-alcohol motifs (C(OH)–C–C–N with tert-alkyl or cyclic N) is 1. The van der Waals surface area contributed by atoms with Crippen molar-refractivity contribution in [1.29, 1.82) is 0 Å². The van der Waals surface area contributed by atoms with Gasteiger partial charge in [0.05, 0.1) is 0 Å². The second kappa shape index (κ2) is 8.63. The van der Waals surface area contributed by atoms with E-state index < -0.39 is 6.10 Å². The van der Waals surface area contributed by atoms with E-state index >= 15 is 0 Å². The van der Waals surface area contributed by atoms with E-state index in [-0.39, 0.29) is 24.6 Å². The van der Waals surface area contributed by atoms with Crippen LogP contribution in [0.4, 0.5) is 0 Å². The van der Waals surface area contributed by atoms with E-state index in [2.05, 4.69) is 11.8 Å². The number of benzene rings is 1. The van der Waals surface area contributed by atoms with Crippen LogP contribution < -0.4 is 10.4 Å². The zero-order valence-corrected chi connectivity index (χ0v) is 16.6. The number of likely N-dealkylation sites (tertiary alicyclic amines) is 1. The molecule has 0 saturated carbocycles. The van der Waals surface area contributed by atoms with Crippen molar-refractivity contribution in [2.24, 2.45) is 0 Å². The molecule has 5 nitrogen and oxygen atoms in total. The van der Waals surface area contributed by atoms with Gasteiger partial charge in [-0.3, -0.25) is 4.90 Å². The van der Waals surface area contributed by atoms with Crippen molar-refractivity contribution in [2.75, 3.05) is 19.7 Å². The van der Waals surface area contributed by atoms with Crippen LogP contribution >= 0.6 is 12.4 Å². The average Bonchev–Trinajstić information content (AvgIpc) is 3.12. The maximum atomic E-state index is 12.1. The van der Waals surface area contributed by atoms with E-state index in [1.54, 1.807) is 6.07 Å². The number of nitrogens with zero attached hydrogens (tertiary/aromatic N) is 1. The number of fused-ring (bicyclic) bond motifs is 3. The Morgan fingerprint density at radius 3 is 2.89 bits per heavy atom. The van der Waals surface area contributed by atoms with Gasteiger partial charge in [-0.05, 0) is 63.3 Å². The fourth-order valence-corrected chi connectivity index (χ4v) is 4.30. The smallest absolute Gasteiger partial charge is 0.339 e. The molecule has 6 heteroatoms. The van der Waals surface area contributed by atoms with Gasteiger partial charge in [-0.25, -0.2) is 4.79 Å². The molecular formula is C21H28ClNO4. The number of halogens is 1. The third-order valence-corrected chi connectivity index (χ3v) is 5.77. The van der Waals surface area contributed by atoms with Gasteiger partial charge >= 0.3 is 5.63 Å². The summed E-state index contributed by atoms with van der Waals surface area (Å²) in [6.07, 6.45) is 5.90. The van der Waals surface area contributed by atoms with Crippen LogP contribution in [0.2, 0.25) is 0 Å². The molecule has 0 spiro atoms. The zero-order chi connectivity index (χ0) is 18.1. The Morgan fingerprint density at radius 1 is 1.26 bits per heavy atom. The summed E-state index contributed by atoms with van der Waals surface area (Å²) in [6, 6.07) is 6.16. The molecular weight excluding hydrogens is 366 g/mol. The average molecular weight is 394 g/mol. The Kier molecular flexibility index (Phi) is 6.45. The monoisotopic (exact) mass is 393 g/mol. The van der Waals surface area contributed by atoms with Gasteiger partial charge in [-0.2, -0.15) is 0 Å². The van der Waals surface area contributed by atoms with E-state index in [0.717, 1.165) is 42.3 Å². The summed E-state index contributed by atoms with van der Waals surface area (Å²) in [4.78, 5) is 14.4. The fraction of sp³-hybridized carbons (Fsp3) is 0.571. The lowest BCUT2D eigenvalue weighted by molar-refractivity contribution is 0.0438. The molecule has 1 aliphatic carbocycles. The van der Waals surface area contributed by atoms with Gasteiger partial charge in [0.15, 0.2) is 0 Å². The number of aliphatic hydroxyl groups excluding tert-OH is 1. The van der Waals surface area contributed by atoms with Crippen LogP contribution in [0.1, 0.15) is 43.7 Å². The summed E-state index contributed by atoms with van der Waals surface area (Å²) in [7, 11) is 0. The molecule has 148 valence electrons. The lowest BCUT2D eigenvalue weighted by atomic mass is 10.0. The number of hydrogen-bond donors (Lipinski definition) is 1. The Balaban J connectivity index is 0.00000210. The second-order valence-electron chi connectivity index (χ2n) is 7.66. The first-order chi connectivity index (χ1) is 12.6. The molecule has 2 heterocycles. The van der Waals surface area contributed by atoms with Gasteiger partial charge < -0.3 is 14.3 Å². The van der Waals surface area contributed by atoms with Gasteiger partial charge in [0.2, 0.25) is 0 Å². The van der Waals surface area contributed by atoms with Crippen LogP contribution in [0.15, 0.2) is 27.4 Å². The predicted octanol–water partition coefficient (Wildman–Crippen LogP) is 3.32. The van der Waals surface area contributed by atoms with Gasteiger partial charge in [0, 0.05) is 29.6 Å². The van der Waals surface area contributed by atoms with Crippen molar-refractivity contribution < 1.29 is 14.3 Å². The Morgan fingerprint density at radius 2 is 2.07 bits per heavy atom. The molecule has 1 saturated heterocycles. The molecule has 1 aromatic heterocycles. The van der Waals surface area contributed by atoms with Crippen molar-refractivity contribution in [3.05, 3.63) is 39.7 Å². The molecule has 1 fully saturated rings. The first-order valence-corrected chi connectivity index (χ1v) is 9.75. The molecule has 2 atom stereocenters. The van der Waals surface area contributed by atoms with Crippen LogP contribution in [0, 0.1) is 0 Å². The molecule has 2 aliphatic rings. The summed E-state index contributed by atoms with van der Waals surface area (Å²) in [5, 5.41) is 11.3. The summed E-state index contributed by atoms with van der Waals surface area (Å²) in [6.45, 7) is 4.14. The van der Waals surface area contributed by atoms with Gasteiger partial charge in [-0.1, -0.05) is 6.42 Å². The molecule has 0 bridgehead atoms. The lowest BCUT2D eigenvalue weighted by Crippen LogP contribution is -2.43. The fourth-order valence-electron chi connectivity index (χ4n) is 4.30. The molecule has 1 aliphatic heterocycles. The van der Waals surface area contributed by atoms with E-state index in [0.29, 0.717) is 23.9 Å². The lowest BCUT2D eigenvalue weighted by Gasteiger charge is -2.34. The minimum Gasteiger partial charge on any atom is -0.491 e. The summed E-state index contributed by atoms with van der Waals surface area (Å²) >= 11 is 0. The first kappa shape index (κ1) is 20.2. The largest absolute Gasteiger partial charge is 0.491 e. The predicted molar refractivity (Wildman–Crippen MR) is 108 cm³/mol. The van der Waals surface area contributed by atoms with Crippen molar-refractivity contribution in [3.63, 3.8) is 0 Å². The van der Waals surface area contributed by atoms with Crippen LogP contribution in [0.25, 0.3) is 11.0 Å². The molecule has 0 radical (unpaired) electrons. The van der Waals surface area contributed by atoms with Gasteiger partial charge in [-0.15, -0.1) is 12.4 Å². The number of rotatable bonds is 5. The van der Waals surface area contributed by atoms with Crippen molar-refractivity contribution in [2.45, 2.75) is 57.6 Å². The standard InChI is InChI=1S/C21H27NO4.ClH/c1-14-5-2-3-10-22(14)12-15(23)13-25-16-8-9-18-17-6-4-7-19(17)21(24)26-20(18)11-16;/h8-9,11,14-15,23H,2-7,10,12-13H2,1H3;1H. The minimum atomic E-state index is -0.529. The highest BCUT2D eigenvalue weighted by Crippen LogP contribution is 2.29. The number of piperidine rings is 1. The van der Waals surface area contributed by atoms with Crippen molar-refractivity contribution in [1.82, 2.24) is 4.90 Å². The molecule has 27 heavy (non-hydrogen) atoms. The number of aliphatic hydroxyl groups is 1.